The van der Waals surface area contributed by atoms with Crippen molar-refractivity contribution in [3.63, 3.8) is 0 Å². The highest BCUT2D eigenvalue weighted by atomic mass is 19.1. The van der Waals surface area contributed by atoms with Gasteiger partial charge in [-0.25, -0.2) is 8.78 Å². The van der Waals surface area contributed by atoms with Crippen molar-refractivity contribution in [3.05, 3.63) is 35.4 Å². The van der Waals surface area contributed by atoms with E-state index in [0.29, 0.717) is 17.9 Å². The van der Waals surface area contributed by atoms with Gasteiger partial charge in [-0.05, 0) is 30.0 Å². The summed E-state index contributed by atoms with van der Waals surface area (Å²) < 4.78 is 26.2. The van der Waals surface area contributed by atoms with E-state index in [1.807, 2.05) is 13.8 Å². The second-order valence-electron chi connectivity index (χ2n) is 4.74. The molecule has 3 N–H and O–H groups in total. The summed E-state index contributed by atoms with van der Waals surface area (Å²) in [5.74, 6) is -1.41. The van der Waals surface area contributed by atoms with E-state index in [1.165, 1.54) is 12.1 Å². The second-order valence-corrected chi connectivity index (χ2v) is 4.74. The lowest BCUT2D eigenvalue weighted by atomic mass is 9.88. The minimum Gasteiger partial charge on any atom is -0.392 e. The number of rotatable bonds is 5. The molecule has 17 heavy (non-hydrogen) atoms. The molecule has 96 valence electrons. The van der Waals surface area contributed by atoms with E-state index in [1.54, 1.807) is 0 Å². The molecule has 0 saturated heterocycles. The van der Waals surface area contributed by atoms with E-state index in [0.717, 1.165) is 6.07 Å². The molecule has 1 aromatic carbocycles. The van der Waals surface area contributed by atoms with Crippen molar-refractivity contribution in [2.75, 3.05) is 6.54 Å². The van der Waals surface area contributed by atoms with Crippen LogP contribution in [0, 0.1) is 17.6 Å². The Morgan fingerprint density at radius 3 is 2.12 bits per heavy atom. The van der Waals surface area contributed by atoms with Gasteiger partial charge in [-0.2, -0.15) is 0 Å². The maximum atomic E-state index is 13.1. The lowest BCUT2D eigenvalue weighted by molar-refractivity contribution is 0.121. The first-order chi connectivity index (χ1) is 7.93. The summed E-state index contributed by atoms with van der Waals surface area (Å²) >= 11 is 0. The Hall–Kier alpha value is -1.00. The standard InChI is InChI=1S/C13H19F2NO/c1-8(2)3-13(17)12(7-16)9-4-10(14)6-11(15)5-9/h4-6,8,12-13,17H,3,7,16H2,1-2H3. The summed E-state index contributed by atoms with van der Waals surface area (Å²) in [5.41, 5.74) is 5.99. The van der Waals surface area contributed by atoms with Gasteiger partial charge in [0, 0.05) is 18.5 Å². The quantitative estimate of drug-likeness (QED) is 0.834. The van der Waals surface area contributed by atoms with Crippen molar-refractivity contribution in [2.24, 2.45) is 11.7 Å². The van der Waals surface area contributed by atoms with Crippen LogP contribution in [-0.4, -0.2) is 17.8 Å². The van der Waals surface area contributed by atoms with Gasteiger partial charge >= 0.3 is 0 Å². The molecule has 0 saturated carbocycles. The summed E-state index contributed by atoms with van der Waals surface area (Å²) in [7, 11) is 0. The normalized spacial score (nSPS) is 15.0. The molecule has 2 atom stereocenters. The Balaban J connectivity index is 2.92. The highest BCUT2D eigenvalue weighted by Crippen LogP contribution is 2.24. The van der Waals surface area contributed by atoms with Crippen molar-refractivity contribution in [3.8, 4) is 0 Å². The average molecular weight is 243 g/mol. The summed E-state index contributed by atoms with van der Waals surface area (Å²) in [6.45, 7) is 4.11. The number of benzene rings is 1. The molecule has 0 spiro atoms. The number of hydrogen-bond donors (Lipinski definition) is 2. The highest BCUT2D eigenvalue weighted by Gasteiger charge is 2.21. The predicted octanol–water partition coefficient (Wildman–Crippen LogP) is 2.41. The molecule has 2 nitrogen and oxygen atoms in total. The zero-order chi connectivity index (χ0) is 13.0. The molecule has 0 fully saturated rings. The monoisotopic (exact) mass is 243 g/mol. The fourth-order valence-electron chi connectivity index (χ4n) is 1.95. The molecule has 0 aliphatic heterocycles. The van der Waals surface area contributed by atoms with Crippen molar-refractivity contribution in [2.45, 2.75) is 32.3 Å². The lowest BCUT2D eigenvalue weighted by Crippen LogP contribution is -2.27. The SMILES string of the molecule is CC(C)CC(O)C(CN)c1cc(F)cc(F)c1. The minimum absolute atomic E-state index is 0.163. The van der Waals surface area contributed by atoms with E-state index in [2.05, 4.69) is 0 Å². The molecule has 1 rings (SSSR count). The van der Waals surface area contributed by atoms with Gasteiger partial charge < -0.3 is 10.8 Å². The Morgan fingerprint density at radius 1 is 1.18 bits per heavy atom. The topological polar surface area (TPSA) is 46.2 Å². The van der Waals surface area contributed by atoms with Crippen molar-refractivity contribution in [1.82, 2.24) is 0 Å². The lowest BCUT2D eigenvalue weighted by Gasteiger charge is -2.23. The van der Waals surface area contributed by atoms with Crippen molar-refractivity contribution < 1.29 is 13.9 Å². The first-order valence-corrected chi connectivity index (χ1v) is 5.78. The fraction of sp³-hybridized carbons (Fsp3) is 0.538. The van der Waals surface area contributed by atoms with Gasteiger partial charge in [0.2, 0.25) is 0 Å². The zero-order valence-corrected chi connectivity index (χ0v) is 10.2. The first kappa shape index (κ1) is 14.1. The molecule has 2 unspecified atom stereocenters. The highest BCUT2D eigenvalue weighted by molar-refractivity contribution is 5.23. The Bertz CT molecular complexity index is 348. The maximum Gasteiger partial charge on any atom is 0.126 e. The molecule has 0 radical (unpaired) electrons. The van der Waals surface area contributed by atoms with Crippen LogP contribution in [0.5, 0.6) is 0 Å². The molecule has 0 aliphatic rings. The Kier molecular flexibility index (Phi) is 5.02. The molecular formula is C13H19F2NO. The van der Waals surface area contributed by atoms with Crippen LogP contribution in [0.4, 0.5) is 8.78 Å². The van der Waals surface area contributed by atoms with E-state index < -0.39 is 23.7 Å². The maximum absolute atomic E-state index is 13.1. The number of aliphatic hydroxyl groups is 1. The summed E-state index contributed by atoms with van der Waals surface area (Å²) in [6.07, 6.45) is -0.124. The van der Waals surface area contributed by atoms with Crippen LogP contribution >= 0.6 is 0 Å². The summed E-state index contributed by atoms with van der Waals surface area (Å²) in [4.78, 5) is 0. The van der Waals surface area contributed by atoms with E-state index in [9.17, 15) is 13.9 Å². The van der Waals surface area contributed by atoms with Gasteiger partial charge in [0.25, 0.3) is 0 Å². The molecule has 0 aliphatic carbocycles. The molecular weight excluding hydrogens is 224 g/mol. The second kappa shape index (κ2) is 6.07. The molecule has 0 amide bonds. The van der Waals surface area contributed by atoms with Crippen LogP contribution in [0.25, 0.3) is 0 Å². The van der Waals surface area contributed by atoms with Gasteiger partial charge in [-0.15, -0.1) is 0 Å². The summed E-state index contributed by atoms with van der Waals surface area (Å²) in [5, 5.41) is 9.99. The van der Waals surface area contributed by atoms with E-state index in [4.69, 9.17) is 5.73 Å². The molecule has 0 aromatic heterocycles. The molecule has 0 heterocycles. The molecule has 0 bridgehead atoms. The minimum atomic E-state index is -0.679. The third-order valence-corrected chi connectivity index (χ3v) is 2.74. The van der Waals surface area contributed by atoms with Crippen LogP contribution in [0.2, 0.25) is 0 Å². The van der Waals surface area contributed by atoms with Gasteiger partial charge in [-0.3, -0.25) is 0 Å². The first-order valence-electron chi connectivity index (χ1n) is 5.78. The van der Waals surface area contributed by atoms with Gasteiger partial charge in [0.15, 0.2) is 0 Å². The van der Waals surface area contributed by atoms with Crippen LogP contribution in [-0.2, 0) is 0 Å². The number of halogens is 2. The number of hydrogen-bond acceptors (Lipinski definition) is 2. The molecule has 4 heteroatoms. The third kappa shape index (κ3) is 4.06. The molecule has 1 aromatic rings. The summed E-state index contributed by atoms with van der Waals surface area (Å²) in [6, 6.07) is 3.26. The number of aliphatic hydroxyl groups excluding tert-OH is 1. The van der Waals surface area contributed by atoms with E-state index in [-0.39, 0.29) is 6.54 Å². The van der Waals surface area contributed by atoms with Crippen LogP contribution < -0.4 is 5.73 Å². The smallest absolute Gasteiger partial charge is 0.126 e. The Labute approximate surface area is 100 Å². The van der Waals surface area contributed by atoms with Gasteiger partial charge in [0.05, 0.1) is 6.10 Å². The van der Waals surface area contributed by atoms with Gasteiger partial charge in [-0.1, -0.05) is 13.8 Å². The number of nitrogens with two attached hydrogens (primary N) is 1. The largest absolute Gasteiger partial charge is 0.392 e. The van der Waals surface area contributed by atoms with Crippen molar-refractivity contribution in [1.29, 1.82) is 0 Å². The van der Waals surface area contributed by atoms with Crippen molar-refractivity contribution >= 4 is 0 Å². The average Bonchev–Trinajstić information content (AvgIpc) is 2.15. The van der Waals surface area contributed by atoms with Crippen LogP contribution in [0.1, 0.15) is 31.7 Å². The van der Waals surface area contributed by atoms with Crippen LogP contribution in [0.3, 0.4) is 0 Å². The fourth-order valence-corrected chi connectivity index (χ4v) is 1.95. The third-order valence-electron chi connectivity index (χ3n) is 2.74. The predicted molar refractivity (Wildman–Crippen MR) is 63.6 cm³/mol. The zero-order valence-electron chi connectivity index (χ0n) is 10.2. The Morgan fingerprint density at radius 2 is 1.71 bits per heavy atom. The van der Waals surface area contributed by atoms with Gasteiger partial charge in [0.1, 0.15) is 11.6 Å². The van der Waals surface area contributed by atoms with Crippen LogP contribution in [0.15, 0.2) is 18.2 Å². The van der Waals surface area contributed by atoms with E-state index >= 15 is 0 Å².